The zero-order chi connectivity index (χ0) is 11.7. The molecule has 0 aliphatic heterocycles. The van der Waals surface area contributed by atoms with Crippen LogP contribution in [-0.4, -0.2) is 74.6 Å². The van der Waals surface area contributed by atoms with E-state index in [0.717, 1.165) is 0 Å². The smallest absolute Gasteiger partial charge is 0.542 e. The fourth-order valence-electron chi connectivity index (χ4n) is 0.109. The molecule has 0 saturated carbocycles. The molecule has 15 heavy (non-hydrogen) atoms. The minimum Gasteiger partial charge on any atom is -0.542 e. The Labute approximate surface area is 112 Å². The molecule has 0 spiro atoms. The molecular formula is C6H4CaF2O6. The van der Waals surface area contributed by atoms with Crippen LogP contribution in [-0.2, 0) is 19.2 Å². The number of hydrogen-bond acceptors (Lipinski definition) is 6. The summed E-state index contributed by atoms with van der Waals surface area (Å²) >= 11 is 0. The quantitative estimate of drug-likeness (QED) is 0.373. The Balaban J connectivity index is -0.000000180. The largest absolute Gasteiger partial charge is 2.00 e. The molecule has 0 saturated heterocycles. The third kappa shape index (κ3) is 13.4. The molecule has 9 heteroatoms. The van der Waals surface area contributed by atoms with Gasteiger partial charge in [-0.2, -0.15) is 0 Å². The SMILES string of the molecule is O=C([O-])C(=O)CF.O=C([O-])C(=O)CF.[Ca+2]. The van der Waals surface area contributed by atoms with Crippen LogP contribution in [0.1, 0.15) is 0 Å². The van der Waals surface area contributed by atoms with E-state index in [-0.39, 0.29) is 37.7 Å². The molecule has 0 N–H and O–H groups in total. The summed E-state index contributed by atoms with van der Waals surface area (Å²) in [5, 5.41) is 18.5. The molecule has 0 amide bonds. The predicted molar refractivity (Wildman–Crippen MR) is 37.7 cm³/mol. The van der Waals surface area contributed by atoms with Crippen molar-refractivity contribution >= 4 is 61.2 Å². The van der Waals surface area contributed by atoms with Crippen molar-refractivity contribution < 1.29 is 38.2 Å². The number of carbonyl (C=O) groups excluding carboxylic acids is 4. The van der Waals surface area contributed by atoms with Crippen molar-refractivity contribution in [3.8, 4) is 0 Å². The predicted octanol–water partition coefficient (Wildman–Crippen LogP) is -3.83. The van der Waals surface area contributed by atoms with E-state index in [9.17, 15) is 38.2 Å². The molecule has 0 radical (unpaired) electrons. The Morgan fingerprint density at radius 2 is 1.00 bits per heavy atom. The first-order valence-corrected chi connectivity index (χ1v) is 2.97. The van der Waals surface area contributed by atoms with Gasteiger partial charge in [0.05, 0.1) is 0 Å². The summed E-state index contributed by atoms with van der Waals surface area (Å²) in [4.78, 5) is 37.4. The Morgan fingerprint density at radius 1 is 0.800 bits per heavy atom. The summed E-state index contributed by atoms with van der Waals surface area (Å²) in [6.07, 6.45) is 0. The number of alkyl halides is 2. The summed E-state index contributed by atoms with van der Waals surface area (Å²) in [5.74, 6) is -6.97. The standard InChI is InChI=1S/2C3H3FO3.Ca/c2*4-1-2(5)3(6)7;/h2*1H2,(H,6,7);/q;;+2/p-2. The molecule has 80 valence electrons. The van der Waals surface area contributed by atoms with Crippen molar-refractivity contribution in [1.82, 2.24) is 0 Å². The topological polar surface area (TPSA) is 114 Å². The van der Waals surface area contributed by atoms with Crippen molar-refractivity contribution in [1.29, 1.82) is 0 Å². The Bertz CT molecular complexity index is 228. The molecule has 0 heterocycles. The van der Waals surface area contributed by atoms with E-state index >= 15 is 0 Å². The van der Waals surface area contributed by atoms with Crippen molar-refractivity contribution in [2.75, 3.05) is 13.3 Å². The van der Waals surface area contributed by atoms with Gasteiger partial charge < -0.3 is 19.8 Å². The molecule has 0 aromatic heterocycles. The number of carbonyl (C=O) groups is 4. The number of aliphatic carboxylic acids is 2. The van der Waals surface area contributed by atoms with Crippen molar-refractivity contribution in [3.05, 3.63) is 0 Å². The summed E-state index contributed by atoms with van der Waals surface area (Å²) < 4.78 is 21.7. The van der Waals surface area contributed by atoms with Gasteiger partial charge in [-0.25, -0.2) is 8.78 Å². The molecular weight excluding hydrogens is 246 g/mol. The van der Waals surface area contributed by atoms with Crippen molar-refractivity contribution in [2.45, 2.75) is 0 Å². The number of carboxylic acids is 2. The fraction of sp³-hybridized carbons (Fsp3) is 0.333. The normalized spacial score (nSPS) is 7.60. The van der Waals surface area contributed by atoms with E-state index in [0.29, 0.717) is 0 Å². The molecule has 0 aliphatic rings. The Morgan fingerprint density at radius 3 is 1.00 bits per heavy atom. The second-order valence-corrected chi connectivity index (χ2v) is 1.69. The number of carboxylic acid groups (broad SMARTS) is 2. The minimum atomic E-state index is -1.97. The van der Waals surface area contributed by atoms with Gasteiger partial charge in [-0.3, -0.25) is 9.59 Å². The van der Waals surface area contributed by atoms with Crippen LogP contribution in [0.3, 0.4) is 0 Å². The van der Waals surface area contributed by atoms with Gasteiger partial charge >= 0.3 is 37.7 Å². The van der Waals surface area contributed by atoms with Crippen LogP contribution < -0.4 is 10.2 Å². The van der Waals surface area contributed by atoms with Crippen LogP contribution in [0.25, 0.3) is 0 Å². The molecule has 6 nitrogen and oxygen atoms in total. The maximum absolute atomic E-state index is 10.9. The van der Waals surface area contributed by atoms with Gasteiger partial charge in [0.2, 0.25) is 11.6 Å². The molecule has 0 rings (SSSR count). The van der Waals surface area contributed by atoms with Crippen LogP contribution >= 0.6 is 0 Å². The number of rotatable bonds is 4. The molecule has 0 atom stereocenters. The average molecular weight is 250 g/mol. The molecule has 0 aliphatic carbocycles. The molecule has 0 unspecified atom stereocenters. The number of ketones is 2. The van der Waals surface area contributed by atoms with E-state index < -0.39 is 36.9 Å². The van der Waals surface area contributed by atoms with Gasteiger partial charge in [0, 0.05) is 0 Å². The number of Topliss-reactive ketones (excluding diaryl/α,β-unsaturated/α-hetero) is 2. The Kier molecular flexibility index (Phi) is 15.2. The first-order valence-electron chi connectivity index (χ1n) is 2.97. The van der Waals surface area contributed by atoms with Crippen LogP contribution in [0.4, 0.5) is 8.78 Å². The van der Waals surface area contributed by atoms with E-state index in [1.165, 1.54) is 0 Å². The second-order valence-electron chi connectivity index (χ2n) is 1.69. The van der Waals surface area contributed by atoms with Gasteiger partial charge in [0.25, 0.3) is 0 Å². The van der Waals surface area contributed by atoms with Gasteiger partial charge in [0.15, 0.2) is 13.3 Å². The summed E-state index contributed by atoms with van der Waals surface area (Å²) in [7, 11) is 0. The molecule has 0 bridgehead atoms. The third-order valence-electron chi connectivity index (χ3n) is 0.698. The van der Waals surface area contributed by atoms with Gasteiger partial charge in [0.1, 0.15) is 11.9 Å². The average Bonchev–Trinajstić information content (AvgIpc) is 2.15. The minimum absolute atomic E-state index is 0. The molecule has 0 aromatic rings. The van der Waals surface area contributed by atoms with E-state index in [2.05, 4.69) is 0 Å². The monoisotopic (exact) mass is 250 g/mol. The van der Waals surface area contributed by atoms with Crippen LogP contribution in [0.5, 0.6) is 0 Å². The second kappa shape index (κ2) is 11.5. The third-order valence-corrected chi connectivity index (χ3v) is 0.698. The first kappa shape index (κ1) is 19.9. The zero-order valence-corrected chi connectivity index (χ0v) is 9.54. The van der Waals surface area contributed by atoms with Crippen LogP contribution in [0.2, 0.25) is 0 Å². The summed E-state index contributed by atoms with van der Waals surface area (Å²) in [5.41, 5.74) is 0. The van der Waals surface area contributed by atoms with E-state index in [1.807, 2.05) is 0 Å². The van der Waals surface area contributed by atoms with Gasteiger partial charge in [-0.05, 0) is 0 Å². The zero-order valence-electron chi connectivity index (χ0n) is 7.33. The summed E-state index contributed by atoms with van der Waals surface area (Å²) in [6.45, 7) is -2.97. The maximum Gasteiger partial charge on any atom is 2.00 e. The molecule has 0 fully saturated rings. The number of hydrogen-bond donors (Lipinski definition) is 0. The first-order chi connectivity index (χ1) is 6.36. The van der Waals surface area contributed by atoms with E-state index in [1.54, 1.807) is 0 Å². The molecule has 0 aromatic carbocycles. The van der Waals surface area contributed by atoms with Crippen molar-refractivity contribution in [3.63, 3.8) is 0 Å². The van der Waals surface area contributed by atoms with Crippen LogP contribution in [0, 0.1) is 0 Å². The summed E-state index contributed by atoms with van der Waals surface area (Å²) in [6, 6.07) is 0. The van der Waals surface area contributed by atoms with Gasteiger partial charge in [-0.15, -0.1) is 0 Å². The van der Waals surface area contributed by atoms with E-state index in [4.69, 9.17) is 0 Å². The maximum atomic E-state index is 10.9. The van der Waals surface area contributed by atoms with Crippen molar-refractivity contribution in [2.24, 2.45) is 0 Å². The van der Waals surface area contributed by atoms with Crippen LogP contribution in [0.15, 0.2) is 0 Å². The number of halogens is 2. The Hall–Kier alpha value is -0.600. The van der Waals surface area contributed by atoms with Gasteiger partial charge in [-0.1, -0.05) is 0 Å². The fourth-order valence-corrected chi connectivity index (χ4v) is 0.109.